The van der Waals surface area contributed by atoms with Gasteiger partial charge in [-0.1, -0.05) is 36.4 Å². The number of carboxylic acids is 1. The summed E-state index contributed by atoms with van der Waals surface area (Å²) in [5, 5.41) is 11.0. The van der Waals surface area contributed by atoms with Gasteiger partial charge in [-0.3, -0.25) is 5.01 Å². The van der Waals surface area contributed by atoms with Gasteiger partial charge in [0, 0.05) is 10.6 Å². The number of rotatable bonds is 6. The van der Waals surface area contributed by atoms with Crippen LogP contribution in [0.5, 0.6) is 5.75 Å². The van der Waals surface area contributed by atoms with Crippen molar-refractivity contribution in [1.82, 2.24) is 0 Å². The molecule has 124 valence electrons. The van der Waals surface area contributed by atoms with Gasteiger partial charge in [0.1, 0.15) is 5.75 Å². The molecule has 0 saturated carbocycles. The topological polar surface area (TPSA) is 75.8 Å². The summed E-state index contributed by atoms with van der Waals surface area (Å²) in [6.45, 7) is 3.54. The molecule has 2 aromatic rings. The van der Waals surface area contributed by atoms with Crippen LogP contribution in [0, 0.1) is 0 Å². The minimum atomic E-state index is -1.13. The van der Waals surface area contributed by atoms with E-state index < -0.39 is 5.97 Å². The Morgan fingerprint density at radius 3 is 2.62 bits per heavy atom. The van der Waals surface area contributed by atoms with Crippen LogP contribution in [0.25, 0.3) is 5.70 Å². The number of halogens is 1. The first-order valence-corrected chi connectivity index (χ1v) is 7.39. The molecule has 5 nitrogen and oxygen atoms in total. The highest BCUT2D eigenvalue weighted by atomic mass is 35.5. The fraction of sp³-hybridized carbons (Fsp3) is 0.0556. The second-order valence-corrected chi connectivity index (χ2v) is 5.38. The first kappa shape index (κ1) is 17.6. The lowest BCUT2D eigenvalue weighted by molar-refractivity contribution is -0.132. The first-order chi connectivity index (χ1) is 11.4. The average molecular weight is 345 g/mol. The number of benzene rings is 2. The second kappa shape index (κ2) is 7.68. The Morgan fingerprint density at radius 2 is 2.00 bits per heavy atom. The quantitative estimate of drug-likeness (QED) is 0.361. The molecule has 0 atom stereocenters. The zero-order valence-corrected chi connectivity index (χ0v) is 13.8. The van der Waals surface area contributed by atoms with Crippen molar-refractivity contribution in [2.45, 2.75) is 0 Å². The molecule has 3 N–H and O–H groups in total. The fourth-order valence-electron chi connectivity index (χ4n) is 2.07. The van der Waals surface area contributed by atoms with Crippen LogP contribution in [0.4, 0.5) is 5.69 Å². The van der Waals surface area contributed by atoms with Crippen molar-refractivity contribution < 1.29 is 14.6 Å². The lowest BCUT2D eigenvalue weighted by atomic mass is 10.1. The van der Waals surface area contributed by atoms with Crippen LogP contribution >= 0.6 is 11.6 Å². The third-order valence-corrected chi connectivity index (χ3v) is 3.53. The third kappa shape index (κ3) is 4.16. The summed E-state index contributed by atoms with van der Waals surface area (Å²) in [6, 6.07) is 14.1. The number of carboxylic acid groups (broad SMARTS) is 1. The van der Waals surface area contributed by atoms with Crippen molar-refractivity contribution in [3.05, 3.63) is 77.3 Å². The van der Waals surface area contributed by atoms with Gasteiger partial charge in [0.25, 0.3) is 0 Å². The fourth-order valence-corrected chi connectivity index (χ4v) is 2.25. The summed E-state index contributed by atoms with van der Waals surface area (Å²) in [7, 11) is 1.55. The number of methoxy groups -OCH3 is 1. The van der Waals surface area contributed by atoms with E-state index in [1.807, 2.05) is 0 Å². The van der Waals surface area contributed by atoms with Crippen molar-refractivity contribution >= 4 is 29.0 Å². The number of hydrogen-bond acceptors (Lipinski definition) is 4. The van der Waals surface area contributed by atoms with Gasteiger partial charge >= 0.3 is 5.97 Å². The van der Waals surface area contributed by atoms with E-state index in [1.165, 1.54) is 11.1 Å². The van der Waals surface area contributed by atoms with Crippen molar-refractivity contribution in [1.29, 1.82) is 0 Å². The monoisotopic (exact) mass is 344 g/mol. The number of nitrogens with zero attached hydrogens (tertiary/aromatic N) is 1. The Hall–Kier alpha value is -2.76. The van der Waals surface area contributed by atoms with Gasteiger partial charge in [0.05, 0.1) is 24.1 Å². The second-order valence-electron chi connectivity index (χ2n) is 4.94. The summed E-state index contributed by atoms with van der Waals surface area (Å²) in [5.41, 5.74) is 1.64. The third-order valence-electron chi connectivity index (χ3n) is 3.30. The lowest BCUT2D eigenvalue weighted by Gasteiger charge is -2.23. The van der Waals surface area contributed by atoms with E-state index in [0.717, 1.165) is 0 Å². The molecular weight excluding hydrogens is 328 g/mol. The van der Waals surface area contributed by atoms with Crippen molar-refractivity contribution in [3.8, 4) is 5.75 Å². The average Bonchev–Trinajstić information content (AvgIpc) is 2.58. The number of aliphatic carboxylic acids is 1. The molecule has 2 aromatic carbocycles. The maximum Gasteiger partial charge on any atom is 0.335 e. The van der Waals surface area contributed by atoms with Crippen LogP contribution in [-0.2, 0) is 4.79 Å². The molecule has 0 bridgehead atoms. The number of hydrogen-bond donors (Lipinski definition) is 2. The summed E-state index contributed by atoms with van der Waals surface area (Å²) in [5.74, 6) is 5.71. The van der Waals surface area contributed by atoms with Crippen molar-refractivity contribution in [2.24, 2.45) is 5.84 Å². The number of anilines is 1. The van der Waals surface area contributed by atoms with E-state index in [0.29, 0.717) is 27.7 Å². The molecule has 24 heavy (non-hydrogen) atoms. The zero-order chi connectivity index (χ0) is 17.7. The molecule has 0 radical (unpaired) electrons. The predicted molar refractivity (Wildman–Crippen MR) is 95.9 cm³/mol. The number of ether oxygens (including phenoxy) is 1. The van der Waals surface area contributed by atoms with Gasteiger partial charge in [-0.05, 0) is 36.4 Å². The highest BCUT2D eigenvalue weighted by Gasteiger charge is 2.14. The van der Waals surface area contributed by atoms with E-state index in [1.54, 1.807) is 55.6 Å². The van der Waals surface area contributed by atoms with Crippen LogP contribution in [-0.4, -0.2) is 18.2 Å². The maximum absolute atomic E-state index is 11.2. The summed E-state index contributed by atoms with van der Waals surface area (Å²) < 4.78 is 5.22. The van der Waals surface area contributed by atoms with Crippen molar-refractivity contribution in [2.75, 3.05) is 12.1 Å². The van der Waals surface area contributed by atoms with E-state index in [2.05, 4.69) is 6.58 Å². The highest BCUT2D eigenvalue weighted by Crippen LogP contribution is 2.28. The molecule has 6 heteroatoms. The molecule has 0 fully saturated rings. The van der Waals surface area contributed by atoms with Crippen LogP contribution < -0.4 is 15.6 Å². The molecule has 0 aliphatic rings. The molecule has 0 saturated heterocycles. The zero-order valence-electron chi connectivity index (χ0n) is 13.1. The Morgan fingerprint density at radius 1 is 1.29 bits per heavy atom. The van der Waals surface area contributed by atoms with Crippen LogP contribution in [0.1, 0.15) is 5.56 Å². The predicted octanol–water partition coefficient (Wildman–Crippen LogP) is 3.71. The van der Waals surface area contributed by atoms with Gasteiger partial charge in [0.15, 0.2) is 0 Å². The Labute approximate surface area is 145 Å². The molecular formula is C18H17ClN2O3. The van der Waals surface area contributed by atoms with E-state index >= 15 is 0 Å². The SMILES string of the molecule is C=C(/C=C(/c1cccc(OC)c1)N(N)c1cccc(Cl)c1)C(=O)O. The summed E-state index contributed by atoms with van der Waals surface area (Å²) in [4.78, 5) is 11.2. The van der Waals surface area contributed by atoms with Gasteiger partial charge in [-0.15, -0.1) is 0 Å². The minimum absolute atomic E-state index is 0.0923. The lowest BCUT2D eigenvalue weighted by Crippen LogP contribution is -2.29. The molecule has 0 heterocycles. The summed E-state index contributed by atoms with van der Waals surface area (Å²) >= 11 is 6.01. The van der Waals surface area contributed by atoms with Gasteiger partial charge in [-0.25, -0.2) is 10.6 Å². The molecule has 2 rings (SSSR count). The molecule has 0 aromatic heterocycles. The first-order valence-electron chi connectivity index (χ1n) is 7.01. The van der Waals surface area contributed by atoms with Crippen LogP contribution in [0.3, 0.4) is 0 Å². The standard InChI is InChI=1S/C18H17ClN2O3/c1-12(18(22)23)9-17(13-5-3-8-16(10-13)24-2)21(20)15-7-4-6-14(19)11-15/h3-11H,1,20H2,2H3,(H,22,23)/b17-9-. The van der Waals surface area contributed by atoms with Crippen LogP contribution in [0.15, 0.2) is 66.8 Å². The largest absolute Gasteiger partial charge is 0.497 e. The van der Waals surface area contributed by atoms with E-state index in [4.69, 9.17) is 27.3 Å². The van der Waals surface area contributed by atoms with Gasteiger partial charge in [-0.2, -0.15) is 0 Å². The smallest absolute Gasteiger partial charge is 0.335 e. The molecule has 0 aliphatic heterocycles. The maximum atomic E-state index is 11.2. The Balaban J connectivity index is 2.54. The molecule has 0 aliphatic carbocycles. The number of nitrogens with two attached hydrogens (primary N) is 1. The normalized spacial score (nSPS) is 11.0. The summed E-state index contributed by atoms with van der Waals surface area (Å²) in [6.07, 6.45) is 1.40. The van der Waals surface area contributed by atoms with Gasteiger partial charge in [0.2, 0.25) is 0 Å². The van der Waals surface area contributed by atoms with Crippen molar-refractivity contribution in [3.63, 3.8) is 0 Å². The number of hydrazine groups is 1. The minimum Gasteiger partial charge on any atom is -0.497 e. The highest BCUT2D eigenvalue weighted by molar-refractivity contribution is 6.30. The Kier molecular flexibility index (Phi) is 5.63. The molecule has 0 unspecified atom stereocenters. The molecule has 0 spiro atoms. The number of carbonyl (C=O) groups is 1. The van der Waals surface area contributed by atoms with Gasteiger partial charge < -0.3 is 9.84 Å². The van der Waals surface area contributed by atoms with E-state index in [9.17, 15) is 4.79 Å². The van der Waals surface area contributed by atoms with E-state index in [-0.39, 0.29) is 5.57 Å². The van der Waals surface area contributed by atoms with Crippen LogP contribution in [0.2, 0.25) is 5.02 Å². The molecule has 0 amide bonds. The Bertz CT molecular complexity index is 802.